The first-order valence-electron chi connectivity index (χ1n) is 13.6. The molecule has 0 amide bonds. The normalized spacial score (nSPS) is 28.1. The molecule has 3 fully saturated rings. The highest BCUT2D eigenvalue weighted by Gasteiger charge is 2.56. The van der Waals surface area contributed by atoms with Crippen LogP contribution in [-0.2, 0) is 0 Å². The summed E-state index contributed by atoms with van der Waals surface area (Å²) < 4.78 is 26.6. The zero-order chi connectivity index (χ0) is 27.4. The molecule has 4 atom stereocenters. The van der Waals surface area contributed by atoms with Gasteiger partial charge in [0.2, 0.25) is 5.95 Å². The van der Waals surface area contributed by atoms with Crippen LogP contribution in [0.15, 0.2) is 36.7 Å². The number of rotatable bonds is 7. The summed E-state index contributed by atoms with van der Waals surface area (Å²) in [5.41, 5.74) is 1.84. The van der Waals surface area contributed by atoms with Crippen LogP contribution in [0.25, 0.3) is 22.4 Å². The van der Waals surface area contributed by atoms with E-state index < -0.39 is 11.7 Å². The third kappa shape index (κ3) is 4.64. The molecule has 3 aliphatic rings. The van der Waals surface area contributed by atoms with Gasteiger partial charge in [-0.3, -0.25) is 0 Å². The topological polar surface area (TPSA) is 106 Å². The number of anilines is 1. The predicted octanol–water partition coefficient (Wildman–Crippen LogP) is 4.69. The molecule has 1 aromatic carbocycles. The highest BCUT2D eigenvalue weighted by Crippen LogP contribution is 2.46. The molecular weight excluding hydrogens is 499 g/mol. The molecule has 2 saturated heterocycles. The Bertz CT molecular complexity index is 1370. The van der Waals surface area contributed by atoms with Crippen molar-refractivity contribution in [3.63, 3.8) is 0 Å². The molecule has 0 radical (unpaired) electrons. The first kappa shape index (κ1) is 25.7. The third-order valence-electron chi connectivity index (χ3n) is 8.53. The smallest absolute Gasteiger partial charge is 0.256 e. The molecule has 206 valence electrons. The van der Waals surface area contributed by atoms with Crippen LogP contribution in [0.5, 0.6) is 17.4 Å². The fourth-order valence-electron chi connectivity index (χ4n) is 6.51. The molecule has 0 unspecified atom stereocenters. The molecular formula is C29H35FN6O3. The first-order valence-corrected chi connectivity index (χ1v) is 13.6. The van der Waals surface area contributed by atoms with Gasteiger partial charge in [0.1, 0.15) is 17.6 Å². The molecule has 2 aliphatic heterocycles. The number of piperidine rings is 2. The highest BCUT2D eigenvalue weighted by molar-refractivity contribution is 5.74. The lowest BCUT2D eigenvalue weighted by atomic mass is 9.68. The molecule has 0 spiro atoms. The molecule has 6 rings (SSSR count). The summed E-state index contributed by atoms with van der Waals surface area (Å²) in [6.45, 7) is 4.22. The van der Waals surface area contributed by atoms with Crippen molar-refractivity contribution >= 4 is 5.95 Å². The zero-order valence-electron chi connectivity index (χ0n) is 22.8. The Morgan fingerprint density at radius 2 is 1.85 bits per heavy atom. The summed E-state index contributed by atoms with van der Waals surface area (Å²) in [6, 6.07) is 7.02. The lowest BCUT2D eigenvalue weighted by Crippen LogP contribution is -2.73. The number of hydrogen-bond acceptors (Lipinski definition) is 9. The number of halogens is 1. The van der Waals surface area contributed by atoms with Crippen LogP contribution in [0.1, 0.15) is 52.4 Å². The van der Waals surface area contributed by atoms with Crippen LogP contribution < -0.4 is 19.7 Å². The predicted molar refractivity (Wildman–Crippen MR) is 146 cm³/mol. The summed E-state index contributed by atoms with van der Waals surface area (Å²) >= 11 is 0. The minimum Gasteiger partial charge on any atom is -0.507 e. The molecule has 2 aromatic heterocycles. The number of pyridine rings is 1. The lowest BCUT2D eigenvalue weighted by molar-refractivity contribution is 0.0000874. The summed E-state index contributed by atoms with van der Waals surface area (Å²) in [5.74, 6) is 1.38. The van der Waals surface area contributed by atoms with Gasteiger partial charge in [0, 0.05) is 34.4 Å². The first-order chi connectivity index (χ1) is 18.7. The van der Waals surface area contributed by atoms with Crippen LogP contribution in [0.3, 0.4) is 0 Å². The van der Waals surface area contributed by atoms with Crippen LogP contribution >= 0.6 is 0 Å². The van der Waals surface area contributed by atoms with E-state index in [1.165, 1.54) is 7.11 Å². The number of phenolic OH excluding ortho intramolecular Hbond substituents is 1. The van der Waals surface area contributed by atoms with Crippen molar-refractivity contribution in [3.8, 4) is 39.8 Å². The van der Waals surface area contributed by atoms with E-state index in [1.54, 1.807) is 37.7 Å². The van der Waals surface area contributed by atoms with Crippen molar-refractivity contribution in [2.75, 3.05) is 19.1 Å². The standard InChI is InChI=1S/C29H35FN6O3/c1-28-10-5-11-29(2,35-28)25(30)22(14-28)36(19-7-8-19)27-32-16-21(33-34-27)20-9-6-17(12-23(20)37)18-13-24(38-3)26(39-4)31-15-18/h6,9,12-13,15-16,19,22,25,35,37H,5,7-8,10-11,14H2,1-4H3/t22-,25-,28-,29+/m1/s1. The second-order valence-corrected chi connectivity index (χ2v) is 11.6. The van der Waals surface area contributed by atoms with Crippen molar-refractivity contribution in [3.05, 3.63) is 36.7 Å². The molecule has 10 heteroatoms. The maximum Gasteiger partial charge on any atom is 0.256 e. The molecule has 4 heterocycles. The summed E-state index contributed by atoms with van der Waals surface area (Å²) in [7, 11) is 3.08. The largest absolute Gasteiger partial charge is 0.507 e. The lowest BCUT2D eigenvalue weighted by Gasteiger charge is -2.57. The van der Waals surface area contributed by atoms with Gasteiger partial charge in [-0.25, -0.2) is 14.4 Å². The quantitative estimate of drug-likeness (QED) is 0.446. The Kier molecular flexibility index (Phi) is 6.32. The van der Waals surface area contributed by atoms with Gasteiger partial charge in [-0.2, -0.15) is 0 Å². The Morgan fingerprint density at radius 1 is 1.03 bits per heavy atom. The van der Waals surface area contributed by atoms with E-state index in [2.05, 4.69) is 37.3 Å². The van der Waals surface area contributed by atoms with Crippen LogP contribution in [-0.4, -0.2) is 68.8 Å². The van der Waals surface area contributed by atoms with Crippen molar-refractivity contribution < 1.29 is 19.0 Å². The van der Waals surface area contributed by atoms with Gasteiger partial charge in [-0.15, -0.1) is 10.2 Å². The minimum atomic E-state index is -1.03. The van der Waals surface area contributed by atoms with Crippen molar-refractivity contribution in [2.24, 2.45) is 0 Å². The molecule has 39 heavy (non-hydrogen) atoms. The van der Waals surface area contributed by atoms with Crippen LogP contribution in [0.2, 0.25) is 0 Å². The van der Waals surface area contributed by atoms with E-state index in [9.17, 15) is 5.11 Å². The molecule has 1 saturated carbocycles. The van der Waals surface area contributed by atoms with Gasteiger partial charge < -0.3 is 24.8 Å². The number of hydrogen-bond donors (Lipinski definition) is 2. The van der Waals surface area contributed by atoms with Crippen LogP contribution in [0, 0.1) is 0 Å². The number of aromatic nitrogens is 4. The number of methoxy groups -OCH3 is 2. The Morgan fingerprint density at radius 3 is 2.51 bits per heavy atom. The second-order valence-electron chi connectivity index (χ2n) is 11.6. The minimum absolute atomic E-state index is 0.0426. The highest BCUT2D eigenvalue weighted by atomic mass is 19.1. The van der Waals surface area contributed by atoms with Gasteiger partial charge in [0.15, 0.2) is 5.75 Å². The number of fused-ring (bicyclic) bond motifs is 2. The SMILES string of the molecule is COc1cc(-c2ccc(-c3cnc(N(C4CC4)[C@@H]4C[C@@]5(C)CCC[C@](C)(N5)[C@@H]4F)nn3)c(O)c2)cnc1OC. The molecule has 9 nitrogen and oxygen atoms in total. The Hall–Kier alpha value is -3.53. The van der Waals surface area contributed by atoms with Gasteiger partial charge >= 0.3 is 0 Å². The van der Waals surface area contributed by atoms with Crippen molar-refractivity contribution in [2.45, 2.75) is 81.7 Å². The molecule has 1 aliphatic carbocycles. The van der Waals surface area contributed by atoms with Gasteiger partial charge in [0.05, 0.1) is 26.5 Å². The van der Waals surface area contributed by atoms with E-state index in [4.69, 9.17) is 9.47 Å². The van der Waals surface area contributed by atoms with Gasteiger partial charge in [-0.1, -0.05) is 6.07 Å². The zero-order valence-corrected chi connectivity index (χ0v) is 22.8. The van der Waals surface area contributed by atoms with E-state index >= 15 is 4.39 Å². The summed E-state index contributed by atoms with van der Waals surface area (Å²) in [5, 5.41) is 23.3. The van der Waals surface area contributed by atoms with Crippen LogP contribution in [0.4, 0.5) is 10.3 Å². The molecule has 2 bridgehead atoms. The maximum atomic E-state index is 16.0. The molecule has 3 aromatic rings. The summed E-state index contributed by atoms with van der Waals surface area (Å²) in [6.07, 6.45) is 7.85. The number of benzene rings is 1. The number of ether oxygens (including phenoxy) is 2. The van der Waals surface area contributed by atoms with E-state index in [1.807, 2.05) is 13.0 Å². The third-order valence-corrected chi connectivity index (χ3v) is 8.53. The number of aromatic hydroxyl groups is 1. The fourth-order valence-corrected chi connectivity index (χ4v) is 6.51. The van der Waals surface area contributed by atoms with Crippen molar-refractivity contribution in [1.29, 1.82) is 0 Å². The number of nitrogens with one attached hydrogen (secondary N) is 1. The number of nitrogens with zero attached hydrogens (tertiary/aromatic N) is 5. The van der Waals surface area contributed by atoms with E-state index in [0.29, 0.717) is 35.3 Å². The monoisotopic (exact) mass is 534 g/mol. The number of alkyl halides is 1. The fraction of sp³-hybridized carbons (Fsp3) is 0.517. The average Bonchev–Trinajstić information content (AvgIpc) is 3.77. The Labute approximate surface area is 227 Å². The maximum absolute atomic E-state index is 16.0. The second kappa shape index (κ2) is 9.59. The molecule has 2 N–H and O–H groups in total. The van der Waals surface area contributed by atoms with Crippen molar-refractivity contribution in [1.82, 2.24) is 25.5 Å². The van der Waals surface area contributed by atoms with E-state index in [0.717, 1.165) is 43.2 Å². The van der Waals surface area contributed by atoms with E-state index in [-0.39, 0.29) is 23.4 Å². The van der Waals surface area contributed by atoms with Gasteiger partial charge in [-0.05, 0) is 76.1 Å². The summed E-state index contributed by atoms with van der Waals surface area (Å²) in [4.78, 5) is 11.0. The number of phenols is 1. The van der Waals surface area contributed by atoms with Gasteiger partial charge in [0.25, 0.3) is 5.88 Å². The average molecular weight is 535 g/mol. The Balaban J connectivity index is 1.26.